The van der Waals surface area contributed by atoms with E-state index in [0.717, 1.165) is 25.7 Å². The molecule has 4 N–H and O–H groups in total. The lowest BCUT2D eigenvalue weighted by molar-refractivity contribution is -0.134. The number of carbonyl (C=O) groups is 2. The van der Waals surface area contributed by atoms with Crippen LogP contribution >= 0.6 is 0 Å². The van der Waals surface area contributed by atoms with Crippen LogP contribution in [0.4, 0.5) is 4.79 Å². The fraction of sp³-hybridized carbons (Fsp3) is 0.909. The van der Waals surface area contributed by atoms with Crippen molar-refractivity contribution in [3.05, 3.63) is 0 Å². The fourth-order valence-corrected chi connectivity index (χ4v) is 3.97. The van der Waals surface area contributed by atoms with Crippen molar-refractivity contribution in [3.63, 3.8) is 0 Å². The molecule has 0 aromatic rings. The summed E-state index contributed by atoms with van der Waals surface area (Å²) in [4.78, 5) is 24.8. The van der Waals surface area contributed by atoms with Gasteiger partial charge in [0.05, 0.1) is 23.7 Å². The van der Waals surface area contributed by atoms with Gasteiger partial charge < -0.3 is 25.6 Å². The molecule has 170 valence electrons. The Hall–Kier alpha value is -1.34. The molecule has 2 amide bonds. The molecule has 0 unspecified atom stereocenters. The molecule has 7 heteroatoms. The first-order chi connectivity index (χ1) is 13.3. The Kier molecular flexibility index (Phi) is 9.89. The van der Waals surface area contributed by atoms with Gasteiger partial charge >= 0.3 is 6.09 Å². The maximum atomic E-state index is 12.5. The van der Waals surface area contributed by atoms with Gasteiger partial charge in [0.1, 0.15) is 5.60 Å². The monoisotopic (exact) mass is 414 g/mol. The van der Waals surface area contributed by atoms with Crippen LogP contribution in [0.1, 0.15) is 86.5 Å². The Morgan fingerprint density at radius 2 is 1.69 bits per heavy atom. The summed E-state index contributed by atoms with van der Waals surface area (Å²) in [5.74, 6) is -0.664. The molecule has 0 aromatic heterocycles. The van der Waals surface area contributed by atoms with Gasteiger partial charge in [-0.05, 0) is 60.3 Å². The summed E-state index contributed by atoms with van der Waals surface area (Å²) in [6.07, 6.45) is 4.84. The Morgan fingerprint density at radius 3 is 2.17 bits per heavy atom. The maximum Gasteiger partial charge on any atom is 0.407 e. The van der Waals surface area contributed by atoms with Gasteiger partial charge in [-0.25, -0.2) is 4.79 Å². The number of amides is 2. The molecule has 0 aromatic carbocycles. The summed E-state index contributed by atoms with van der Waals surface area (Å²) in [7, 11) is 0. The van der Waals surface area contributed by atoms with Gasteiger partial charge in [0.25, 0.3) is 0 Å². The first-order valence-electron chi connectivity index (χ1n) is 11.0. The molecule has 0 aliphatic heterocycles. The molecule has 0 radical (unpaired) electrons. The minimum absolute atomic E-state index is 0.0581. The van der Waals surface area contributed by atoms with E-state index >= 15 is 0 Å². The number of aliphatic hydroxyl groups is 2. The number of carbonyl (C=O) groups excluding carboxylic acids is 2. The summed E-state index contributed by atoms with van der Waals surface area (Å²) in [6, 6.07) is -0.535. The van der Waals surface area contributed by atoms with E-state index in [-0.39, 0.29) is 12.3 Å². The molecule has 0 spiro atoms. The van der Waals surface area contributed by atoms with E-state index in [0.29, 0.717) is 18.9 Å². The standard InChI is InChI=1S/C22H42N2O5/c1-7-23-19(26)16(22(5,6)28)14-18(25)17(13-15-11-9-8-10-12-15)24-20(27)29-21(2,3)4/h15-18,25,28H,7-14H2,1-6H3,(H,23,26)(H,24,27)/t16-,17+,18+/m1/s1. The lowest BCUT2D eigenvalue weighted by Gasteiger charge is -2.35. The third-order valence-electron chi connectivity index (χ3n) is 5.48. The van der Waals surface area contributed by atoms with Crippen LogP contribution in [0.5, 0.6) is 0 Å². The molecular weight excluding hydrogens is 372 g/mol. The molecule has 1 saturated carbocycles. The number of hydrogen-bond acceptors (Lipinski definition) is 5. The molecule has 1 fully saturated rings. The van der Waals surface area contributed by atoms with E-state index in [1.165, 1.54) is 6.42 Å². The van der Waals surface area contributed by atoms with Gasteiger partial charge in [-0.3, -0.25) is 4.79 Å². The average molecular weight is 415 g/mol. The minimum atomic E-state index is -1.29. The predicted molar refractivity (Wildman–Crippen MR) is 113 cm³/mol. The number of ether oxygens (including phenoxy) is 1. The highest BCUT2D eigenvalue weighted by Crippen LogP contribution is 2.30. The minimum Gasteiger partial charge on any atom is -0.444 e. The quantitative estimate of drug-likeness (QED) is 0.464. The van der Waals surface area contributed by atoms with Crippen molar-refractivity contribution in [1.82, 2.24) is 10.6 Å². The summed E-state index contributed by atoms with van der Waals surface area (Å²) in [5, 5.41) is 27.0. The van der Waals surface area contributed by atoms with Crippen molar-refractivity contribution in [3.8, 4) is 0 Å². The van der Waals surface area contributed by atoms with Crippen LogP contribution in [0.3, 0.4) is 0 Å². The Morgan fingerprint density at radius 1 is 1.10 bits per heavy atom. The normalized spacial score (nSPS) is 19.2. The van der Waals surface area contributed by atoms with Crippen LogP contribution in [-0.2, 0) is 9.53 Å². The van der Waals surface area contributed by atoms with Crippen molar-refractivity contribution in [2.24, 2.45) is 11.8 Å². The van der Waals surface area contributed by atoms with Gasteiger partial charge in [0.2, 0.25) is 5.91 Å². The van der Waals surface area contributed by atoms with Crippen LogP contribution in [0.25, 0.3) is 0 Å². The Bertz CT molecular complexity index is 518. The van der Waals surface area contributed by atoms with Crippen molar-refractivity contribution < 1.29 is 24.5 Å². The molecule has 29 heavy (non-hydrogen) atoms. The second-order valence-corrected chi connectivity index (χ2v) is 9.90. The molecule has 0 bridgehead atoms. The average Bonchev–Trinajstić information content (AvgIpc) is 2.57. The van der Waals surface area contributed by atoms with Crippen molar-refractivity contribution >= 4 is 12.0 Å². The lowest BCUT2D eigenvalue weighted by Crippen LogP contribution is -2.50. The fourth-order valence-electron chi connectivity index (χ4n) is 3.97. The van der Waals surface area contributed by atoms with E-state index in [9.17, 15) is 19.8 Å². The van der Waals surface area contributed by atoms with Crippen LogP contribution in [0.15, 0.2) is 0 Å². The second-order valence-electron chi connectivity index (χ2n) is 9.90. The third kappa shape index (κ3) is 9.81. The highest BCUT2D eigenvalue weighted by Gasteiger charge is 2.38. The van der Waals surface area contributed by atoms with Crippen molar-refractivity contribution in [2.75, 3.05) is 6.54 Å². The molecular formula is C22H42N2O5. The van der Waals surface area contributed by atoms with Gasteiger partial charge in [-0.2, -0.15) is 0 Å². The molecule has 0 heterocycles. The van der Waals surface area contributed by atoms with Gasteiger partial charge in [0, 0.05) is 6.54 Å². The zero-order chi connectivity index (χ0) is 22.2. The van der Waals surface area contributed by atoms with E-state index in [1.807, 2.05) is 6.92 Å². The SMILES string of the molecule is CCNC(=O)[C@@H](C[C@H](O)[C@H](CC1CCCCC1)NC(=O)OC(C)(C)C)C(C)(C)O. The van der Waals surface area contributed by atoms with Gasteiger partial charge in [-0.15, -0.1) is 0 Å². The number of nitrogens with one attached hydrogen (secondary N) is 2. The summed E-state index contributed by atoms with van der Waals surface area (Å²) in [5.41, 5.74) is -1.93. The highest BCUT2D eigenvalue weighted by atomic mass is 16.6. The van der Waals surface area contributed by atoms with Gasteiger partial charge in [0.15, 0.2) is 0 Å². The third-order valence-corrected chi connectivity index (χ3v) is 5.48. The van der Waals surface area contributed by atoms with Crippen LogP contribution in [-0.4, -0.2) is 52.1 Å². The second kappa shape index (κ2) is 11.2. The topological polar surface area (TPSA) is 108 Å². The summed E-state index contributed by atoms with van der Waals surface area (Å²) < 4.78 is 5.38. The number of rotatable bonds is 9. The molecule has 7 nitrogen and oxygen atoms in total. The zero-order valence-corrected chi connectivity index (χ0v) is 19.1. The maximum absolute atomic E-state index is 12.5. The van der Waals surface area contributed by atoms with E-state index in [1.54, 1.807) is 34.6 Å². The Labute approximate surface area is 176 Å². The first kappa shape index (κ1) is 25.7. The lowest BCUT2D eigenvalue weighted by atomic mass is 9.80. The molecule has 1 rings (SSSR count). The van der Waals surface area contributed by atoms with E-state index in [4.69, 9.17) is 4.74 Å². The highest BCUT2D eigenvalue weighted by molar-refractivity contribution is 5.79. The molecule has 1 aliphatic carbocycles. The van der Waals surface area contributed by atoms with Crippen molar-refractivity contribution in [2.45, 2.75) is 110 Å². The molecule has 0 saturated heterocycles. The summed E-state index contributed by atoms with van der Waals surface area (Å²) in [6.45, 7) is 10.8. The van der Waals surface area contributed by atoms with E-state index in [2.05, 4.69) is 10.6 Å². The largest absolute Gasteiger partial charge is 0.444 e. The zero-order valence-electron chi connectivity index (χ0n) is 19.1. The first-order valence-corrected chi connectivity index (χ1v) is 11.0. The predicted octanol–water partition coefficient (Wildman–Crippen LogP) is 3.12. The van der Waals surface area contributed by atoms with Gasteiger partial charge in [-0.1, -0.05) is 32.1 Å². The Balaban J connectivity index is 2.92. The number of aliphatic hydroxyl groups excluding tert-OH is 1. The smallest absolute Gasteiger partial charge is 0.407 e. The number of hydrogen-bond donors (Lipinski definition) is 4. The van der Waals surface area contributed by atoms with Crippen molar-refractivity contribution in [1.29, 1.82) is 0 Å². The van der Waals surface area contributed by atoms with E-state index < -0.39 is 35.4 Å². The van der Waals surface area contributed by atoms with Crippen LogP contribution < -0.4 is 10.6 Å². The van der Waals surface area contributed by atoms with Crippen LogP contribution in [0.2, 0.25) is 0 Å². The molecule has 1 aliphatic rings. The number of alkyl carbamates (subject to hydrolysis) is 1. The summed E-state index contributed by atoms with van der Waals surface area (Å²) >= 11 is 0. The van der Waals surface area contributed by atoms with Crippen LogP contribution in [0, 0.1) is 11.8 Å². The molecule has 3 atom stereocenters.